The number of alkyl halides is 3. The standard InChI is InChI=1S/C19H18ClF3N2O3/c20-14-16(18(27)24-15-11-2-1-10(7-11)13(15)8-26)25-28-17(14)9-3-5-12(6-4-9)19(21,22)23/h3-6,10-11,13,15,26H,1-2,7-8H2,(H,24,27)/t10-,11+,13-,15-/m1/s1. The Morgan fingerprint density at radius 3 is 2.57 bits per heavy atom. The van der Waals surface area contributed by atoms with E-state index in [0.717, 1.165) is 31.4 Å². The predicted molar refractivity (Wildman–Crippen MR) is 94.6 cm³/mol. The third-order valence-corrected chi connectivity index (χ3v) is 6.27. The molecule has 2 aliphatic carbocycles. The number of nitrogens with zero attached hydrogens (tertiary/aromatic N) is 1. The molecule has 1 aromatic carbocycles. The van der Waals surface area contributed by atoms with E-state index in [9.17, 15) is 23.1 Å². The summed E-state index contributed by atoms with van der Waals surface area (Å²) in [5.41, 5.74) is -0.620. The van der Waals surface area contributed by atoms with E-state index in [2.05, 4.69) is 10.5 Å². The van der Waals surface area contributed by atoms with Crippen molar-refractivity contribution in [3.63, 3.8) is 0 Å². The monoisotopic (exact) mass is 414 g/mol. The van der Waals surface area contributed by atoms with Crippen LogP contribution in [0.2, 0.25) is 5.02 Å². The normalized spacial score (nSPS) is 26.6. The van der Waals surface area contributed by atoms with Gasteiger partial charge in [0.15, 0.2) is 11.5 Å². The fourth-order valence-electron chi connectivity index (χ4n) is 4.53. The molecular formula is C19H18ClF3N2O3. The first-order chi connectivity index (χ1) is 13.3. The lowest BCUT2D eigenvalue weighted by atomic mass is 9.85. The number of hydrogen-bond donors (Lipinski definition) is 2. The van der Waals surface area contributed by atoms with Crippen molar-refractivity contribution in [2.24, 2.45) is 17.8 Å². The lowest BCUT2D eigenvalue weighted by Crippen LogP contribution is -2.45. The van der Waals surface area contributed by atoms with Crippen LogP contribution in [0.4, 0.5) is 13.2 Å². The number of halogens is 4. The van der Waals surface area contributed by atoms with E-state index in [4.69, 9.17) is 16.1 Å². The number of aromatic nitrogens is 1. The summed E-state index contributed by atoms with van der Waals surface area (Å²) in [6.07, 6.45) is -1.39. The average molecular weight is 415 g/mol. The van der Waals surface area contributed by atoms with Gasteiger partial charge in [-0.05, 0) is 43.2 Å². The number of carbonyl (C=O) groups is 1. The third-order valence-electron chi connectivity index (χ3n) is 5.92. The Hall–Kier alpha value is -2.06. The van der Waals surface area contributed by atoms with E-state index < -0.39 is 17.6 Å². The van der Waals surface area contributed by atoms with E-state index in [1.807, 2.05) is 0 Å². The minimum Gasteiger partial charge on any atom is -0.396 e. The number of aliphatic hydroxyl groups is 1. The molecule has 2 saturated carbocycles. The zero-order chi connectivity index (χ0) is 20.1. The third kappa shape index (κ3) is 3.28. The van der Waals surface area contributed by atoms with Gasteiger partial charge in [-0.1, -0.05) is 28.9 Å². The van der Waals surface area contributed by atoms with E-state index in [1.165, 1.54) is 12.1 Å². The van der Waals surface area contributed by atoms with Crippen LogP contribution >= 0.6 is 11.6 Å². The highest BCUT2D eigenvalue weighted by atomic mass is 35.5. The maximum absolute atomic E-state index is 12.7. The zero-order valence-corrected chi connectivity index (χ0v) is 15.4. The van der Waals surface area contributed by atoms with Gasteiger partial charge in [-0.2, -0.15) is 13.2 Å². The highest BCUT2D eigenvalue weighted by Gasteiger charge is 2.48. The highest BCUT2D eigenvalue weighted by Crippen LogP contribution is 2.48. The molecule has 2 N–H and O–H groups in total. The van der Waals surface area contributed by atoms with Gasteiger partial charge in [-0.3, -0.25) is 4.79 Å². The maximum Gasteiger partial charge on any atom is 0.416 e. The van der Waals surface area contributed by atoms with Crippen LogP contribution in [0.25, 0.3) is 11.3 Å². The largest absolute Gasteiger partial charge is 0.416 e. The molecule has 0 saturated heterocycles. The van der Waals surface area contributed by atoms with Gasteiger partial charge in [0, 0.05) is 24.1 Å². The molecule has 0 unspecified atom stereocenters. The Labute approximate surface area is 163 Å². The van der Waals surface area contributed by atoms with Crippen molar-refractivity contribution >= 4 is 17.5 Å². The van der Waals surface area contributed by atoms with Crippen LogP contribution in [0.3, 0.4) is 0 Å². The number of hydrogen-bond acceptors (Lipinski definition) is 4. The van der Waals surface area contributed by atoms with Crippen LogP contribution in [0.5, 0.6) is 0 Å². The van der Waals surface area contributed by atoms with E-state index in [1.54, 1.807) is 0 Å². The van der Waals surface area contributed by atoms with E-state index in [0.29, 0.717) is 11.8 Å². The Bertz CT molecular complexity index is 882. The van der Waals surface area contributed by atoms with E-state index >= 15 is 0 Å². The molecule has 0 aliphatic heterocycles. The van der Waals surface area contributed by atoms with Gasteiger partial charge in [0.05, 0.1) is 5.56 Å². The smallest absolute Gasteiger partial charge is 0.396 e. The van der Waals surface area contributed by atoms with Crippen molar-refractivity contribution < 1.29 is 27.6 Å². The molecule has 28 heavy (non-hydrogen) atoms. The van der Waals surface area contributed by atoms with Gasteiger partial charge in [0.2, 0.25) is 0 Å². The van der Waals surface area contributed by atoms with Crippen LogP contribution in [-0.4, -0.2) is 28.8 Å². The number of nitrogens with one attached hydrogen (secondary N) is 1. The summed E-state index contributed by atoms with van der Waals surface area (Å²) in [4.78, 5) is 12.6. The maximum atomic E-state index is 12.7. The fourth-order valence-corrected chi connectivity index (χ4v) is 4.79. The molecule has 2 aliphatic rings. The van der Waals surface area contributed by atoms with Crippen LogP contribution in [0, 0.1) is 17.8 Å². The van der Waals surface area contributed by atoms with Gasteiger partial charge >= 0.3 is 6.18 Å². The Kier molecular flexibility index (Phi) is 4.87. The summed E-state index contributed by atoms with van der Waals surface area (Å²) in [7, 11) is 0. The van der Waals surface area contributed by atoms with Gasteiger partial charge < -0.3 is 14.9 Å². The van der Waals surface area contributed by atoms with Crippen LogP contribution in [-0.2, 0) is 6.18 Å². The first kappa shape index (κ1) is 19.3. The predicted octanol–water partition coefficient (Wildman–Crippen LogP) is 4.15. The summed E-state index contributed by atoms with van der Waals surface area (Å²) < 4.78 is 43.2. The molecule has 0 radical (unpaired) electrons. The topological polar surface area (TPSA) is 75.4 Å². The van der Waals surface area contributed by atoms with Crippen LogP contribution in [0.15, 0.2) is 28.8 Å². The van der Waals surface area contributed by atoms with E-state index in [-0.39, 0.29) is 40.6 Å². The van der Waals surface area contributed by atoms with Crippen LogP contribution in [0.1, 0.15) is 35.3 Å². The Morgan fingerprint density at radius 1 is 1.25 bits per heavy atom. The molecule has 4 rings (SSSR count). The molecule has 0 spiro atoms. The summed E-state index contributed by atoms with van der Waals surface area (Å²) >= 11 is 6.23. The van der Waals surface area contributed by atoms with Crippen molar-refractivity contribution in [1.82, 2.24) is 10.5 Å². The van der Waals surface area contributed by atoms with Gasteiger partial charge in [0.1, 0.15) is 5.02 Å². The SMILES string of the molecule is O=C(N[C@@H]1[C@H]2CC[C@H](C2)[C@H]1CO)c1noc(-c2ccc(C(F)(F)F)cc2)c1Cl. The highest BCUT2D eigenvalue weighted by molar-refractivity contribution is 6.35. The Morgan fingerprint density at radius 2 is 1.93 bits per heavy atom. The molecule has 1 amide bonds. The zero-order valence-electron chi connectivity index (χ0n) is 14.7. The second kappa shape index (κ2) is 7.08. The molecule has 150 valence electrons. The molecule has 9 heteroatoms. The number of rotatable bonds is 4. The molecule has 2 aromatic rings. The number of carbonyl (C=O) groups excluding carboxylic acids is 1. The Balaban J connectivity index is 1.53. The lowest BCUT2D eigenvalue weighted by molar-refractivity contribution is -0.137. The number of aliphatic hydroxyl groups excluding tert-OH is 1. The van der Waals surface area contributed by atoms with Gasteiger partial charge in [0.25, 0.3) is 5.91 Å². The summed E-state index contributed by atoms with van der Waals surface area (Å²) in [6.45, 7) is 0.00939. The first-order valence-electron chi connectivity index (χ1n) is 9.04. The fraction of sp³-hybridized carbons (Fsp3) is 0.474. The average Bonchev–Trinajstić information content (AvgIpc) is 3.35. The number of benzene rings is 1. The molecule has 4 atom stereocenters. The van der Waals surface area contributed by atoms with Crippen molar-refractivity contribution in [3.05, 3.63) is 40.5 Å². The van der Waals surface area contributed by atoms with Gasteiger partial charge in [-0.25, -0.2) is 0 Å². The minimum absolute atomic E-state index is 0.00939. The molecular weight excluding hydrogens is 397 g/mol. The summed E-state index contributed by atoms with van der Waals surface area (Å²) in [6, 6.07) is 4.12. The van der Waals surface area contributed by atoms with Crippen molar-refractivity contribution in [3.8, 4) is 11.3 Å². The van der Waals surface area contributed by atoms with Crippen LogP contribution < -0.4 is 5.32 Å². The number of amides is 1. The molecule has 2 fully saturated rings. The molecule has 1 heterocycles. The number of fused-ring (bicyclic) bond motifs is 2. The quantitative estimate of drug-likeness (QED) is 0.788. The second-order valence-electron chi connectivity index (χ2n) is 7.43. The second-order valence-corrected chi connectivity index (χ2v) is 7.81. The van der Waals surface area contributed by atoms with Crippen molar-refractivity contribution in [2.45, 2.75) is 31.5 Å². The van der Waals surface area contributed by atoms with Gasteiger partial charge in [-0.15, -0.1) is 0 Å². The molecule has 5 nitrogen and oxygen atoms in total. The van der Waals surface area contributed by atoms with Crippen molar-refractivity contribution in [1.29, 1.82) is 0 Å². The summed E-state index contributed by atoms with van der Waals surface area (Å²) in [5.74, 6) is 0.278. The lowest BCUT2D eigenvalue weighted by Gasteiger charge is -2.30. The van der Waals surface area contributed by atoms with Crippen molar-refractivity contribution in [2.75, 3.05) is 6.61 Å². The molecule has 2 bridgehead atoms. The summed E-state index contributed by atoms with van der Waals surface area (Å²) in [5, 5.41) is 16.2. The first-order valence-corrected chi connectivity index (χ1v) is 9.42. The minimum atomic E-state index is -4.45. The molecule has 1 aromatic heterocycles.